The van der Waals surface area contributed by atoms with Gasteiger partial charge in [-0.15, -0.1) is 0 Å². The number of rotatable bonds is 4. The molecule has 1 aromatic rings. The van der Waals surface area contributed by atoms with E-state index in [2.05, 4.69) is 4.98 Å². The normalized spacial score (nSPS) is 26.6. The second-order valence-electron chi connectivity index (χ2n) is 5.79. The number of hydrogen-bond donors (Lipinski definition) is 0. The summed E-state index contributed by atoms with van der Waals surface area (Å²) < 4.78 is 7.55. The molecule has 20 heavy (non-hydrogen) atoms. The zero-order valence-electron chi connectivity index (χ0n) is 11.9. The highest BCUT2D eigenvalue weighted by Gasteiger charge is 2.41. The predicted octanol–water partition coefficient (Wildman–Crippen LogP) is 1.54. The Morgan fingerprint density at radius 2 is 2.40 bits per heavy atom. The molecule has 0 bridgehead atoms. The first kappa shape index (κ1) is 13.9. The third kappa shape index (κ3) is 2.86. The summed E-state index contributed by atoms with van der Waals surface area (Å²) in [6, 6.07) is 0. The van der Waals surface area contributed by atoms with E-state index < -0.39 is 0 Å². The van der Waals surface area contributed by atoms with Crippen LogP contribution in [0.3, 0.4) is 0 Å². The standard InChI is InChI=1S/C14H21N3O2S/c1-16-6-5-15-13(16)20-9-7-17-10-14(3-2-12(17)18)4-8-19-11-14/h5-6H,2-4,7-11H2,1H3. The minimum Gasteiger partial charge on any atom is -0.381 e. The molecule has 0 N–H and O–H groups in total. The van der Waals surface area contributed by atoms with E-state index in [1.54, 1.807) is 18.0 Å². The molecule has 0 aromatic carbocycles. The van der Waals surface area contributed by atoms with Gasteiger partial charge < -0.3 is 14.2 Å². The van der Waals surface area contributed by atoms with E-state index in [-0.39, 0.29) is 5.41 Å². The molecule has 3 heterocycles. The first-order valence-corrected chi connectivity index (χ1v) is 8.13. The van der Waals surface area contributed by atoms with Crippen LogP contribution in [-0.4, -0.2) is 52.4 Å². The SMILES string of the molecule is Cn1ccnc1SCCN1CC2(CCOC2)CCC1=O. The van der Waals surface area contributed by atoms with E-state index in [0.717, 1.165) is 50.1 Å². The van der Waals surface area contributed by atoms with Gasteiger partial charge in [-0.25, -0.2) is 4.98 Å². The van der Waals surface area contributed by atoms with Gasteiger partial charge in [0.15, 0.2) is 5.16 Å². The summed E-state index contributed by atoms with van der Waals surface area (Å²) >= 11 is 1.71. The topological polar surface area (TPSA) is 47.4 Å². The van der Waals surface area contributed by atoms with Crippen LogP contribution >= 0.6 is 11.8 Å². The number of ether oxygens (including phenoxy) is 1. The van der Waals surface area contributed by atoms with Crippen molar-refractivity contribution in [3.63, 3.8) is 0 Å². The molecular formula is C14H21N3O2S. The molecule has 1 unspecified atom stereocenters. The monoisotopic (exact) mass is 295 g/mol. The average Bonchev–Trinajstić information content (AvgIpc) is 3.05. The van der Waals surface area contributed by atoms with Gasteiger partial charge in [-0.05, 0) is 12.8 Å². The molecule has 0 radical (unpaired) electrons. The third-order valence-corrected chi connectivity index (χ3v) is 5.34. The lowest BCUT2D eigenvalue weighted by Gasteiger charge is -2.39. The van der Waals surface area contributed by atoms with Crippen molar-refractivity contribution in [2.75, 3.05) is 32.1 Å². The molecule has 2 fully saturated rings. The van der Waals surface area contributed by atoms with Crippen LogP contribution in [0.5, 0.6) is 0 Å². The number of thioether (sulfide) groups is 1. The smallest absolute Gasteiger partial charge is 0.222 e. The summed E-state index contributed by atoms with van der Waals surface area (Å²) in [5, 5.41) is 1.01. The minimum atomic E-state index is 0.238. The summed E-state index contributed by atoms with van der Waals surface area (Å²) in [5.41, 5.74) is 0.238. The van der Waals surface area contributed by atoms with Gasteiger partial charge in [0.05, 0.1) is 6.61 Å². The Morgan fingerprint density at radius 1 is 1.50 bits per heavy atom. The third-order valence-electron chi connectivity index (χ3n) is 4.30. The molecule has 110 valence electrons. The maximum Gasteiger partial charge on any atom is 0.222 e. The van der Waals surface area contributed by atoms with Crippen molar-refractivity contribution in [2.24, 2.45) is 12.5 Å². The van der Waals surface area contributed by atoms with Gasteiger partial charge in [0.25, 0.3) is 0 Å². The van der Waals surface area contributed by atoms with E-state index in [1.807, 2.05) is 22.7 Å². The lowest BCUT2D eigenvalue weighted by Crippen LogP contribution is -2.47. The Morgan fingerprint density at radius 3 is 3.10 bits per heavy atom. The lowest BCUT2D eigenvalue weighted by molar-refractivity contribution is -0.137. The van der Waals surface area contributed by atoms with Crippen molar-refractivity contribution >= 4 is 17.7 Å². The first-order valence-electron chi connectivity index (χ1n) is 7.14. The Balaban J connectivity index is 1.53. The van der Waals surface area contributed by atoms with Gasteiger partial charge in [-0.1, -0.05) is 11.8 Å². The van der Waals surface area contributed by atoms with Gasteiger partial charge in [-0.2, -0.15) is 0 Å². The van der Waals surface area contributed by atoms with Gasteiger partial charge in [0.1, 0.15) is 0 Å². The van der Waals surface area contributed by atoms with Crippen LogP contribution in [-0.2, 0) is 16.6 Å². The highest BCUT2D eigenvalue weighted by molar-refractivity contribution is 7.99. The summed E-state index contributed by atoms with van der Waals surface area (Å²) in [4.78, 5) is 18.4. The van der Waals surface area contributed by atoms with Gasteiger partial charge in [0, 0.05) is 56.7 Å². The molecule has 1 atom stereocenters. The quantitative estimate of drug-likeness (QED) is 0.791. The van der Waals surface area contributed by atoms with Crippen LogP contribution in [0.1, 0.15) is 19.3 Å². The van der Waals surface area contributed by atoms with Crippen molar-refractivity contribution in [3.8, 4) is 0 Å². The lowest BCUT2D eigenvalue weighted by atomic mass is 9.79. The van der Waals surface area contributed by atoms with Crippen LogP contribution in [0.25, 0.3) is 0 Å². The summed E-state index contributed by atoms with van der Waals surface area (Å²) in [6.07, 6.45) is 6.52. The Bertz CT molecular complexity index is 483. The highest BCUT2D eigenvalue weighted by Crippen LogP contribution is 2.38. The van der Waals surface area contributed by atoms with Crippen molar-refractivity contribution in [1.82, 2.24) is 14.5 Å². The number of carbonyl (C=O) groups is 1. The van der Waals surface area contributed by atoms with Crippen LogP contribution in [0.4, 0.5) is 0 Å². The van der Waals surface area contributed by atoms with Crippen LogP contribution < -0.4 is 0 Å². The number of carbonyl (C=O) groups excluding carboxylic acids is 1. The van der Waals surface area contributed by atoms with Crippen LogP contribution in [0, 0.1) is 5.41 Å². The molecule has 1 aromatic heterocycles. The van der Waals surface area contributed by atoms with E-state index in [9.17, 15) is 4.79 Å². The number of likely N-dealkylation sites (tertiary alicyclic amines) is 1. The zero-order chi connectivity index (χ0) is 14.0. The number of amides is 1. The molecule has 2 aliphatic rings. The Hall–Kier alpha value is -1.01. The van der Waals surface area contributed by atoms with E-state index >= 15 is 0 Å². The molecular weight excluding hydrogens is 274 g/mol. The molecule has 1 spiro atoms. The summed E-state index contributed by atoms with van der Waals surface area (Å²) in [6.45, 7) is 3.35. The van der Waals surface area contributed by atoms with Crippen molar-refractivity contribution in [1.29, 1.82) is 0 Å². The fraction of sp³-hybridized carbons (Fsp3) is 0.714. The number of nitrogens with zero attached hydrogens (tertiary/aromatic N) is 3. The number of hydrogen-bond acceptors (Lipinski definition) is 4. The maximum atomic E-state index is 12.0. The van der Waals surface area contributed by atoms with Gasteiger partial charge in [-0.3, -0.25) is 4.79 Å². The molecule has 2 aliphatic heterocycles. The number of imidazole rings is 1. The zero-order valence-corrected chi connectivity index (χ0v) is 12.7. The van der Waals surface area contributed by atoms with Gasteiger partial charge >= 0.3 is 0 Å². The molecule has 0 saturated carbocycles. The van der Waals surface area contributed by atoms with E-state index in [4.69, 9.17) is 4.74 Å². The molecule has 2 saturated heterocycles. The molecule has 3 rings (SSSR count). The summed E-state index contributed by atoms with van der Waals surface area (Å²) in [7, 11) is 1.99. The van der Waals surface area contributed by atoms with Crippen LogP contribution in [0.2, 0.25) is 0 Å². The molecule has 5 nitrogen and oxygen atoms in total. The molecule has 6 heteroatoms. The average molecular weight is 295 g/mol. The largest absolute Gasteiger partial charge is 0.381 e. The minimum absolute atomic E-state index is 0.238. The number of piperidine rings is 1. The first-order chi connectivity index (χ1) is 9.69. The highest BCUT2D eigenvalue weighted by atomic mass is 32.2. The molecule has 1 amide bonds. The maximum absolute atomic E-state index is 12.0. The van der Waals surface area contributed by atoms with Crippen molar-refractivity contribution in [3.05, 3.63) is 12.4 Å². The van der Waals surface area contributed by atoms with E-state index in [0.29, 0.717) is 12.3 Å². The Labute approximate surface area is 123 Å². The van der Waals surface area contributed by atoms with E-state index in [1.165, 1.54) is 0 Å². The summed E-state index contributed by atoms with van der Waals surface area (Å²) in [5.74, 6) is 1.19. The fourth-order valence-electron chi connectivity index (χ4n) is 3.02. The predicted molar refractivity (Wildman–Crippen MR) is 77.6 cm³/mol. The van der Waals surface area contributed by atoms with Crippen molar-refractivity contribution < 1.29 is 9.53 Å². The number of aryl methyl sites for hydroxylation is 1. The van der Waals surface area contributed by atoms with Crippen LogP contribution in [0.15, 0.2) is 17.6 Å². The number of aromatic nitrogens is 2. The second kappa shape index (κ2) is 5.77. The second-order valence-corrected chi connectivity index (χ2v) is 6.85. The van der Waals surface area contributed by atoms with Crippen molar-refractivity contribution in [2.45, 2.75) is 24.4 Å². The van der Waals surface area contributed by atoms with Gasteiger partial charge in [0.2, 0.25) is 5.91 Å². The Kier molecular flexibility index (Phi) is 4.03. The molecule has 0 aliphatic carbocycles. The fourth-order valence-corrected chi connectivity index (χ4v) is 3.91.